The van der Waals surface area contributed by atoms with Gasteiger partial charge in [-0.05, 0) is 36.8 Å². The number of nitrogens with one attached hydrogen (secondary N) is 1. The third-order valence-corrected chi connectivity index (χ3v) is 4.47. The van der Waals surface area contributed by atoms with Gasteiger partial charge < -0.3 is 14.8 Å². The van der Waals surface area contributed by atoms with E-state index in [4.69, 9.17) is 9.47 Å². The molecule has 4 rings (SSSR count). The Morgan fingerprint density at radius 3 is 2.76 bits per heavy atom. The molecular formula is C21H17N5O3. The summed E-state index contributed by atoms with van der Waals surface area (Å²) in [5.74, 6) is 0.631. The molecule has 2 aromatic heterocycles. The van der Waals surface area contributed by atoms with Crippen molar-refractivity contribution in [3.05, 3.63) is 65.7 Å². The van der Waals surface area contributed by atoms with E-state index in [1.807, 2.05) is 6.92 Å². The predicted molar refractivity (Wildman–Crippen MR) is 104 cm³/mol. The SMILES string of the molecule is Cc1ccncc1C(=O)Nc1cnc(-c2cc(OC3COC3)ccc2C#N)cn1. The summed E-state index contributed by atoms with van der Waals surface area (Å²) in [5.41, 5.74) is 2.86. The van der Waals surface area contributed by atoms with Crippen LogP contribution in [0.5, 0.6) is 5.75 Å². The van der Waals surface area contributed by atoms with Crippen LogP contribution in [0.3, 0.4) is 0 Å². The van der Waals surface area contributed by atoms with E-state index in [0.29, 0.717) is 47.2 Å². The third-order valence-electron chi connectivity index (χ3n) is 4.47. The van der Waals surface area contributed by atoms with Gasteiger partial charge in [-0.15, -0.1) is 0 Å². The summed E-state index contributed by atoms with van der Waals surface area (Å²) in [6.45, 7) is 2.94. The molecule has 0 spiro atoms. The molecule has 0 radical (unpaired) electrons. The highest BCUT2D eigenvalue weighted by atomic mass is 16.6. The average molecular weight is 387 g/mol. The van der Waals surface area contributed by atoms with Crippen LogP contribution in [0.1, 0.15) is 21.5 Å². The highest BCUT2D eigenvalue weighted by molar-refractivity contribution is 6.04. The Hall–Kier alpha value is -3.83. The van der Waals surface area contributed by atoms with Crippen molar-refractivity contribution in [3.63, 3.8) is 0 Å². The normalized spacial score (nSPS) is 13.2. The molecule has 29 heavy (non-hydrogen) atoms. The molecular weight excluding hydrogens is 370 g/mol. The molecule has 3 heterocycles. The second kappa shape index (κ2) is 8.04. The van der Waals surface area contributed by atoms with Crippen molar-refractivity contribution in [1.82, 2.24) is 15.0 Å². The van der Waals surface area contributed by atoms with Crippen molar-refractivity contribution in [2.75, 3.05) is 18.5 Å². The molecule has 3 aromatic rings. The van der Waals surface area contributed by atoms with Crippen LogP contribution in [-0.4, -0.2) is 40.2 Å². The first kappa shape index (κ1) is 18.5. The number of nitriles is 1. The third kappa shape index (κ3) is 4.05. The van der Waals surface area contributed by atoms with Gasteiger partial charge in [-0.2, -0.15) is 5.26 Å². The van der Waals surface area contributed by atoms with Crippen LogP contribution in [0.4, 0.5) is 5.82 Å². The molecule has 1 aromatic carbocycles. The van der Waals surface area contributed by atoms with Crippen LogP contribution in [-0.2, 0) is 4.74 Å². The number of hydrogen-bond donors (Lipinski definition) is 1. The number of anilines is 1. The maximum absolute atomic E-state index is 12.4. The largest absolute Gasteiger partial charge is 0.486 e. The number of pyridine rings is 1. The minimum atomic E-state index is -0.312. The van der Waals surface area contributed by atoms with Crippen molar-refractivity contribution in [1.29, 1.82) is 5.26 Å². The van der Waals surface area contributed by atoms with Crippen LogP contribution in [0.2, 0.25) is 0 Å². The van der Waals surface area contributed by atoms with Gasteiger partial charge in [-0.3, -0.25) is 14.8 Å². The zero-order chi connectivity index (χ0) is 20.2. The number of aromatic nitrogens is 3. The van der Waals surface area contributed by atoms with Crippen molar-refractivity contribution >= 4 is 11.7 Å². The number of rotatable bonds is 5. The van der Waals surface area contributed by atoms with Crippen molar-refractivity contribution in [2.45, 2.75) is 13.0 Å². The van der Waals surface area contributed by atoms with E-state index >= 15 is 0 Å². The molecule has 1 aliphatic rings. The van der Waals surface area contributed by atoms with Crippen LogP contribution < -0.4 is 10.1 Å². The molecule has 8 heteroatoms. The minimum absolute atomic E-state index is 0.0235. The Morgan fingerprint density at radius 2 is 2.10 bits per heavy atom. The standard InChI is InChI=1S/C21H17N5O3/c1-13-4-5-23-8-18(13)21(27)26-20-10-24-19(9-25-20)17-6-15(3-2-14(17)7-22)29-16-11-28-12-16/h2-6,8-10,16H,11-12H2,1H3,(H,25,26,27). The Labute approximate surface area is 167 Å². The Morgan fingerprint density at radius 1 is 1.24 bits per heavy atom. The first-order chi connectivity index (χ1) is 14.1. The predicted octanol–water partition coefficient (Wildman–Crippen LogP) is 2.75. The van der Waals surface area contributed by atoms with E-state index < -0.39 is 0 Å². The second-order valence-electron chi connectivity index (χ2n) is 6.53. The first-order valence-electron chi connectivity index (χ1n) is 8.97. The Balaban J connectivity index is 1.54. The van der Waals surface area contributed by atoms with Gasteiger partial charge in [0.15, 0.2) is 5.82 Å². The molecule has 0 atom stereocenters. The molecule has 1 saturated heterocycles. The summed E-state index contributed by atoms with van der Waals surface area (Å²) in [6.07, 6.45) is 6.12. The average Bonchev–Trinajstić information content (AvgIpc) is 2.71. The quantitative estimate of drug-likeness (QED) is 0.717. The topological polar surface area (TPSA) is 110 Å². The number of aryl methyl sites for hydroxylation is 1. The van der Waals surface area contributed by atoms with Gasteiger partial charge in [0.2, 0.25) is 0 Å². The highest BCUT2D eigenvalue weighted by Gasteiger charge is 2.21. The van der Waals surface area contributed by atoms with Crippen molar-refractivity contribution in [3.8, 4) is 23.1 Å². The maximum Gasteiger partial charge on any atom is 0.258 e. The number of nitrogens with zero attached hydrogens (tertiary/aromatic N) is 4. The highest BCUT2D eigenvalue weighted by Crippen LogP contribution is 2.27. The van der Waals surface area contributed by atoms with Gasteiger partial charge in [0.05, 0.1) is 48.5 Å². The van der Waals surface area contributed by atoms with Crippen LogP contribution in [0.15, 0.2) is 49.1 Å². The summed E-state index contributed by atoms with van der Waals surface area (Å²) in [7, 11) is 0. The lowest BCUT2D eigenvalue weighted by atomic mass is 10.1. The Bertz CT molecular complexity index is 1090. The number of ether oxygens (including phenoxy) is 2. The smallest absolute Gasteiger partial charge is 0.258 e. The molecule has 1 aliphatic heterocycles. The lowest BCUT2D eigenvalue weighted by Gasteiger charge is -2.26. The Kier molecular flexibility index (Phi) is 5.14. The number of amides is 1. The van der Waals surface area contributed by atoms with Crippen LogP contribution in [0.25, 0.3) is 11.3 Å². The molecule has 1 amide bonds. The minimum Gasteiger partial charge on any atom is -0.486 e. The molecule has 8 nitrogen and oxygen atoms in total. The fraction of sp³-hybridized carbons (Fsp3) is 0.190. The lowest BCUT2D eigenvalue weighted by Crippen LogP contribution is -2.38. The first-order valence-corrected chi connectivity index (χ1v) is 8.97. The molecule has 0 bridgehead atoms. The van der Waals surface area contributed by atoms with Gasteiger partial charge in [-0.25, -0.2) is 4.98 Å². The summed E-state index contributed by atoms with van der Waals surface area (Å²) in [4.78, 5) is 25.0. The number of hydrogen-bond acceptors (Lipinski definition) is 7. The van der Waals surface area contributed by atoms with Gasteiger partial charge in [0.1, 0.15) is 11.9 Å². The summed E-state index contributed by atoms with van der Waals surface area (Å²) < 4.78 is 10.9. The van der Waals surface area contributed by atoms with Crippen LogP contribution >= 0.6 is 0 Å². The summed E-state index contributed by atoms with van der Waals surface area (Å²) in [6, 6.07) is 9.11. The fourth-order valence-electron chi connectivity index (χ4n) is 2.80. The van der Waals surface area contributed by atoms with E-state index in [2.05, 4.69) is 26.3 Å². The molecule has 0 aliphatic carbocycles. The van der Waals surface area contributed by atoms with E-state index in [0.717, 1.165) is 5.56 Å². The van der Waals surface area contributed by atoms with Crippen molar-refractivity contribution < 1.29 is 14.3 Å². The zero-order valence-electron chi connectivity index (χ0n) is 15.6. The molecule has 1 N–H and O–H groups in total. The fourth-order valence-corrected chi connectivity index (χ4v) is 2.80. The van der Waals surface area contributed by atoms with E-state index in [-0.39, 0.29) is 12.0 Å². The second-order valence-corrected chi connectivity index (χ2v) is 6.53. The van der Waals surface area contributed by atoms with Gasteiger partial charge in [-0.1, -0.05) is 0 Å². The molecule has 1 fully saturated rings. The van der Waals surface area contributed by atoms with E-state index in [1.54, 1.807) is 30.5 Å². The van der Waals surface area contributed by atoms with Crippen molar-refractivity contribution in [2.24, 2.45) is 0 Å². The number of carbonyl (C=O) groups excluding carboxylic acids is 1. The number of benzene rings is 1. The molecule has 0 unspecified atom stereocenters. The zero-order valence-corrected chi connectivity index (χ0v) is 15.6. The monoisotopic (exact) mass is 387 g/mol. The van der Waals surface area contributed by atoms with Crippen LogP contribution in [0, 0.1) is 18.3 Å². The lowest BCUT2D eigenvalue weighted by molar-refractivity contribution is -0.0796. The molecule has 144 valence electrons. The van der Waals surface area contributed by atoms with Gasteiger partial charge >= 0.3 is 0 Å². The molecule has 0 saturated carbocycles. The summed E-state index contributed by atoms with van der Waals surface area (Å²) >= 11 is 0. The van der Waals surface area contributed by atoms with E-state index in [9.17, 15) is 10.1 Å². The summed E-state index contributed by atoms with van der Waals surface area (Å²) in [5, 5.41) is 12.1. The number of carbonyl (C=O) groups is 1. The van der Waals surface area contributed by atoms with Gasteiger partial charge in [0.25, 0.3) is 5.91 Å². The maximum atomic E-state index is 12.4. The van der Waals surface area contributed by atoms with E-state index in [1.165, 1.54) is 18.6 Å². The van der Waals surface area contributed by atoms with Gasteiger partial charge in [0, 0.05) is 18.0 Å².